The lowest BCUT2D eigenvalue weighted by Crippen LogP contribution is -1.61. The van der Waals surface area contributed by atoms with E-state index in [0.717, 1.165) is 8.95 Å². The molecule has 0 fully saturated rings. The number of benzene rings is 1. The van der Waals surface area contributed by atoms with Gasteiger partial charge in [-0.05, 0) is 24.3 Å². The van der Waals surface area contributed by atoms with E-state index in [1.165, 1.54) is 6.42 Å². The van der Waals surface area contributed by atoms with Crippen molar-refractivity contribution < 1.29 is 0 Å². The molecule has 0 aliphatic carbocycles. The van der Waals surface area contributed by atoms with Crippen LogP contribution in [0.5, 0.6) is 0 Å². The summed E-state index contributed by atoms with van der Waals surface area (Å²) in [5.41, 5.74) is 0. The van der Waals surface area contributed by atoms with Crippen LogP contribution >= 0.6 is 31.9 Å². The third-order valence-electron chi connectivity index (χ3n) is 0.804. The van der Waals surface area contributed by atoms with Gasteiger partial charge in [-0.25, -0.2) is 0 Å². The number of hydrogen-bond donors (Lipinski definition) is 0. The van der Waals surface area contributed by atoms with Gasteiger partial charge in [-0.1, -0.05) is 52.1 Å². The highest BCUT2D eigenvalue weighted by atomic mass is 79.9. The Bertz CT molecular complexity index is 158. The van der Waals surface area contributed by atoms with Crippen molar-refractivity contribution in [3.63, 3.8) is 0 Å². The van der Waals surface area contributed by atoms with Gasteiger partial charge in [-0.2, -0.15) is 0 Å². The molecule has 0 nitrogen and oxygen atoms in total. The fourth-order valence-electron chi connectivity index (χ4n) is 0.430. The molecular weight excluding hydrogens is 268 g/mol. The lowest BCUT2D eigenvalue weighted by molar-refractivity contribution is 1.09. The molecule has 62 valence electrons. The van der Waals surface area contributed by atoms with Crippen molar-refractivity contribution in [3.8, 4) is 0 Å². The Morgan fingerprint density at radius 2 is 1.09 bits per heavy atom. The molecule has 1 rings (SSSR count). The minimum Gasteiger partial charge on any atom is -0.0656 e. The molecule has 0 unspecified atom stereocenters. The van der Waals surface area contributed by atoms with Gasteiger partial charge in [-0.15, -0.1) is 0 Å². The molecule has 0 heterocycles. The first-order valence-corrected chi connectivity index (χ1v) is 5.20. The summed E-state index contributed by atoms with van der Waals surface area (Å²) in [6.45, 7) is 4.25. The molecular formula is C9H12Br2. The second kappa shape index (κ2) is 6.86. The zero-order chi connectivity index (χ0) is 8.69. The van der Waals surface area contributed by atoms with Crippen molar-refractivity contribution in [3.05, 3.63) is 33.2 Å². The highest BCUT2D eigenvalue weighted by Crippen LogP contribution is 2.14. The van der Waals surface area contributed by atoms with E-state index in [4.69, 9.17) is 0 Å². The average Bonchev–Trinajstić information content (AvgIpc) is 1.97. The van der Waals surface area contributed by atoms with Gasteiger partial charge in [0.15, 0.2) is 0 Å². The Kier molecular flexibility index (Phi) is 6.98. The Morgan fingerprint density at radius 1 is 0.909 bits per heavy atom. The molecule has 0 aromatic heterocycles. The van der Waals surface area contributed by atoms with Gasteiger partial charge < -0.3 is 0 Å². The van der Waals surface area contributed by atoms with Crippen molar-refractivity contribution in [2.45, 2.75) is 20.3 Å². The summed E-state index contributed by atoms with van der Waals surface area (Å²) in [4.78, 5) is 0. The maximum absolute atomic E-state index is 3.32. The van der Waals surface area contributed by atoms with Gasteiger partial charge in [0.25, 0.3) is 0 Å². The van der Waals surface area contributed by atoms with Crippen LogP contribution in [0.2, 0.25) is 0 Å². The molecule has 1 aromatic carbocycles. The third kappa shape index (κ3) is 6.57. The van der Waals surface area contributed by atoms with Crippen LogP contribution in [0.4, 0.5) is 0 Å². The average molecular weight is 280 g/mol. The van der Waals surface area contributed by atoms with Crippen LogP contribution in [0.3, 0.4) is 0 Å². The third-order valence-corrected chi connectivity index (χ3v) is 1.86. The van der Waals surface area contributed by atoms with Crippen LogP contribution in [0.25, 0.3) is 0 Å². The van der Waals surface area contributed by atoms with Crippen molar-refractivity contribution in [2.75, 3.05) is 0 Å². The van der Waals surface area contributed by atoms with Gasteiger partial charge in [0, 0.05) is 8.95 Å². The maximum Gasteiger partial charge on any atom is 0.0176 e. The van der Waals surface area contributed by atoms with Crippen molar-refractivity contribution in [1.29, 1.82) is 0 Å². The van der Waals surface area contributed by atoms with Gasteiger partial charge >= 0.3 is 0 Å². The SMILES string of the molecule is Brc1ccc(Br)cc1.CCC. The lowest BCUT2D eigenvalue weighted by atomic mass is 10.4. The summed E-state index contributed by atoms with van der Waals surface area (Å²) < 4.78 is 2.22. The zero-order valence-electron chi connectivity index (χ0n) is 6.77. The predicted molar refractivity (Wildman–Crippen MR) is 57.8 cm³/mol. The molecule has 0 bridgehead atoms. The molecule has 0 saturated carbocycles. The van der Waals surface area contributed by atoms with Gasteiger partial charge in [-0.3, -0.25) is 0 Å². The maximum atomic E-state index is 3.32. The Labute approximate surface area is 85.3 Å². The van der Waals surface area contributed by atoms with Crippen LogP contribution in [-0.4, -0.2) is 0 Å². The molecule has 0 aliphatic heterocycles. The second-order valence-electron chi connectivity index (χ2n) is 2.14. The van der Waals surface area contributed by atoms with E-state index in [9.17, 15) is 0 Å². The van der Waals surface area contributed by atoms with Crippen LogP contribution in [0.1, 0.15) is 20.3 Å². The minimum absolute atomic E-state index is 1.11. The van der Waals surface area contributed by atoms with Crippen LogP contribution < -0.4 is 0 Å². The monoisotopic (exact) mass is 278 g/mol. The lowest BCUT2D eigenvalue weighted by Gasteiger charge is -1.86. The number of halogens is 2. The Morgan fingerprint density at radius 3 is 1.27 bits per heavy atom. The van der Waals surface area contributed by atoms with E-state index < -0.39 is 0 Å². The van der Waals surface area contributed by atoms with Gasteiger partial charge in [0.05, 0.1) is 0 Å². The van der Waals surface area contributed by atoms with E-state index in [2.05, 4.69) is 45.7 Å². The Hall–Kier alpha value is 0.180. The largest absolute Gasteiger partial charge is 0.0656 e. The van der Waals surface area contributed by atoms with E-state index in [1.54, 1.807) is 0 Å². The fourth-order valence-corrected chi connectivity index (χ4v) is 0.958. The van der Waals surface area contributed by atoms with Gasteiger partial charge in [0.2, 0.25) is 0 Å². The quantitative estimate of drug-likeness (QED) is 0.650. The zero-order valence-corrected chi connectivity index (χ0v) is 9.94. The number of hydrogen-bond acceptors (Lipinski definition) is 0. The topological polar surface area (TPSA) is 0 Å². The summed E-state index contributed by atoms with van der Waals surface area (Å²) in [5.74, 6) is 0. The van der Waals surface area contributed by atoms with Crippen molar-refractivity contribution >= 4 is 31.9 Å². The van der Waals surface area contributed by atoms with Crippen molar-refractivity contribution in [2.24, 2.45) is 0 Å². The second-order valence-corrected chi connectivity index (χ2v) is 3.97. The molecule has 0 atom stereocenters. The normalized spacial score (nSPS) is 8.36. The van der Waals surface area contributed by atoms with Crippen LogP contribution in [0.15, 0.2) is 33.2 Å². The van der Waals surface area contributed by atoms with E-state index in [0.29, 0.717) is 0 Å². The molecule has 0 amide bonds. The summed E-state index contributed by atoms with van der Waals surface area (Å²) in [5, 5.41) is 0. The highest BCUT2D eigenvalue weighted by molar-refractivity contribution is 9.11. The summed E-state index contributed by atoms with van der Waals surface area (Å²) in [6, 6.07) is 7.96. The first-order chi connectivity index (χ1) is 5.20. The highest BCUT2D eigenvalue weighted by Gasteiger charge is 1.83. The summed E-state index contributed by atoms with van der Waals surface area (Å²) >= 11 is 6.65. The standard InChI is InChI=1S/C6H4Br2.C3H8/c7-5-1-2-6(8)4-3-5;1-3-2/h1-4H;3H2,1-2H3. The summed E-state index contributed by atoms with van der Waals surface area (Å²) in [7, 11) is 0. The molecule has 11 heavy (non-hydrogen) atoms. The summed E-state index contributed by atoms with van der Waals surface area (Å²) in [6.07, 6.45) is 1.25. The van der Waals surface area contributed by atoms with Gasteiger partial charge in [0.1, 0.15) is 0 Å². The van der Waals surface area contributed by atoms with Crippen molar-refractivity contribution in [1.82, 2.24) is 0 Å². The molecule has 0 spiro atoms. The molecule has 2 heteroatoms. The van der Waals surface area contributed by atoms with Crippen LogP contribution in [0, 0.1) is 0 Å². The molecule has 0 aliphatic rings. The molecule has 0 radical (unpaired) electrons. The predicted octanol–water partition coefficient (Wildman–Crippen LogP) is 4.63. The molecule has 0 saturated heterocycles. The van der Waals surface area contributed by atoms with E-state index >= 15 is 0 Å². The smallest absolute Gasteiger partial charge is 0.0176 e. The Balaban J connectivity index is 0.000000292. The van der Waals surface area contributed by atoms with Crippen LogP contribution in [-0.2, 0) is 0 Å². The first kappa shape index (κ1) is 11.2. The minimum atomic E-state index is 1.11. The fraction of sp³-hybridized carbons (Fsp3) is 0.333. The van der Waals surface area contributed by atoms with E-state index in [1.807, 2.05) is 24.3 Å². The van der Waals surface area contributed by atoms with E-state index in [-0.39, 0.29) is 0 Å². The first-order valence-electron chi connectivity index (χ1n) is 3.61. The molecule has 0 N–H and O–H groups in total. The molecule has 1 aromatic rings. The number of rotatable bonds is 0.